The van der Waals surface area contributed by atoms with Crippen LogP contribution in [0.25, 0.3) is 33.5 Å². The summed E-state index contributed by atoms with van der Waals surface area (Å²) in [6, 6.07) is 21.5. The third-order valence-electron chi connectivity index (χ3n) is 14.9. The van der Waals surface area contributed by atoms with Crippen LogP contribution in [0, 0.1) is 17.8 Å². The Morgan fingerprint density at radius 1 is 0.797 bits per heavy atom. The largest absolute Gasteiger partial charge is 0.497 e. The van der Waals surface area contributed by atoms with Gasteiger partial charge in [-0.1, -0.05) is 60.6 Å². The zero-order valence-electron chi connectivity index (χ0n) is 34.6. The molecule has 2 bridgehead atoms. The van der Waals surface area contributed by atoms with E-state index in [-0.39, 0.29) is 11.3 Å². The van der Waals surface area contributed by atoms with E-state index >= 15 is 0 Å². The van der Waals surface area contributed by atoms with E-state index in [4.69, 9.17) is 28.4 Å². The molecule has 7 nitrogen and oxygen atoms in total. The van der Waals surface area contributed by atoms with E-state index in [9.17, 15) is 0 Å². The van der Waals surface area contributed by atoms with Crippen LogP contribution in [-0.4, -0.2) is 59.6 Å². The minimum absolute atomic E-state index is 0.0228. The van der Waals surface area contributed by atoms with Gasteiger partial charge >= 0.3 is 0 Å². The lowest BCUT2D eigenvalue weighted by molar-refractivity contribution is 0.0372. The highest BCUT2D eigenvalue weighted by Gasteiger charge is 2.59. The van der Waals surface area contributed by atoms with Crippen LogP contribution in [0.2, 0.25) is 0 Å². The first-order chi connectivity index (χ1) is 29.0. The summed E-state index contributed by atoms with van der Waals surface area (Å²) in [4.78, 5) is 2.44. The van der Waals surface area contributed by atoms with Crippen molar-refractivity contribution in [2.75, 3.05) is 54.7 Å². The van der Waals surface area contributed by atoms with Crippen LogP contribution >= 0.6 is 0 Å². The van der Waals surface area contributed by atoms with Gasteiger partial charge in [0.15, 0.2) is 5.60 Å². The van der Waals surface area contributed by atoms with E-state index in [2.05, 4.69) is 89.9 Å². The van der Waals surface area contributed by atoms with Crippen LogP contribution < -0.4 is 18.9 Å². The molecule has 2 heterocycles. The number of fused-ring (bicyclic) bond motifs is 12. The molecule has 11 rings (SSSR count). The number of rotatable bonds is 8. The Bertz CT molecular complexity index is 2500. The van der Waals surface area contributed by atoms with Crippen molar-refractivity contribution in [3.8, 4) is 34.1 Å². The topological polar surface area (TPSA) is 58.6 Å². The van der Waals surface area contributed by atoms with Crippen LogP contribution in [0.1, 0.15) is 67.2 Å². The van der Waals surface area contributed by atoms with E-state index in [1.807, 2.05) is 12.1 Å². The third-order valence-corrected chi connectivity index (χ3v) is 14.9. The number of methoxy groups -OCH3 is 4. The van der Waals surface area contributed by atoms with Crippen molar-refractivity contribution in [1.29, 1.82) is 0 Å². The quantitative estimate of drug-likeness (QED) is 0.176. The zero-order valence-corrected chi connectivity index (χ0v) is 34.6. The molecule has 0 aromatic heterocycles. The molecule has 0 amide bonds. The normalized spacial score (nSPS) is 27.6. The van der Waals surface area contributed by atoms with Crippen molar-refractivity contribution in [3.05, 3.63) is 130 Å². The highest BCUT2D eigenvalue weighted by atomic mass is 16.5. The first-order valence-electron chi connectivity index (χ1n) is 21.6. The molecule has 3 fully saturated rings. The Labute approximate surface area is 347 Å². The van der Waals surface area contributed by atoms with Gasteiger partial charge in [-0.2, -0.15) is 0 Å². The van der Waals surface area contributed by atoms with Crippen molar-refractivity contribution in [1.82, 2.24) is 4.90 Å². The highest BCUT2D eigenvalue weighted by molar-refractivity contribution is 6.09. The molecule has 59 heavy (non-hydrogen) atoms. The lowest BCUT2D eigenvalue weighted by Gasteiger charge is -2.45. The maximum atomic E-state index is 7.98. The predicted molar refractivity (Wildman–Crippen MR) is 233 cm³/mol. The molecule has 5 unspecified atom stereocenters. The van der Waals surface area contributed by atoms with Crippen molar-refractivity contribution in [2.24, 2.45) is 17.8 Å². The predicted octanol–water partition coefficient (Wildman–Crippen LogP) is 10.8. The second-order valence-electron chi connectivity index (χ2n) is 17.4. The zero-order chi connectivity index (χ0) is 39.9. The van der Waals surface area contributed by atoms with Gasteiger partial charge < -0.3 is 33.3 Å². The molecule has 1 saturated heterocycles. The van der Waals surface area contributed by atoms with E-state index in [0.717, 1.165) is 89.1 Å². The Kier molecular flexibility index (Phi) is 8.77. The van der Waals surface area contributed by atoms with Gasteiger partial charge in [0.05, 0.1) is 47.3 Å². The van der Waals surface area contributed by atoms with Gasteiger partial charge in [0.1, 0.15) is 28.8 Å². The number of hydrogen-bond acceptors (Lipinski definition) is 7. The first kappa shape index (κ1) is 36.7. The number of ether oxygens (including phenoxy) is 6. The molecule has 4 aromatic rings. The van der Waals surface area contributed by atoms with Crippen LogP contribution in [0.4, 0.5) is 0 Å². The van der Waals surface area contributed by atoms with Crippen molar-refractivity contribution in [2.45, 2.75) is 56.0 Å². The van der Waals surface area contributed by atoms with E-state index in [1.54, 1.807) is 34.0 Å². The Balaban J connectivity index is 1.17. The summed E-state index contributed by atoms with van der Waals surface area (Å²) in [5.41, 5.74) is 10.9. The molecule has 302 valence electrons. The third kappa shape index (κ3) is 5.42. The lowest BCUT2D eigenvalue weighted by atomic mass is 9.63. The maximum Gasteiger partial charge on any atom is 0.159 e. The van der Waals surface area contributed by atoms with E-state index in [1.165, 1.54) is 59.0 Å². The molecule has 2 aliphatic heterocycles. The molecule has 7 aliphatic rings. The fraction of sp³-hybridized carbons (Fsp3) is 0.385. The number of nitrogens with zero attached hydrogens (tertiary/aromatic N) is 1. The monoisotopic (exact) mass is 787 g/mol. The van der Waals surface area contributed by atoms with Gasteiger partial charge in [-0.25, -0.2) is 0 Å². The number of hydrogen-bond donors (Lipinski definition) is 0. The van der Waals surface area contributed by atoms with Gasteiger partial charge in [0, 0.05) is 52.9 Å². The summed E-state index contributed by atoms with van der Waals surface area (Å²) in [6.07, 6.45) is 22.3. The molecular formula is C52H53NO6. The standard InChI is InChI=1S/C52H53NO6/c1-54-37-16-10-33(11-17-37)41-29-42-43(30-47(41)57-4)50-40(49-48(42)39-7-5-6-8-44(39)51(49)31-32-9-12-35(51)27-32)21-22-52(59-50,34-13-18-38(55-2)19-14-34)36-15-20-46(56-3)45(28-36)53-23-25-58-26-24-53/h5,7,10-11,13-22,29-30,32,35-36H,6,8-9,12,23-28,31H2,1-4H3. The minimum Gasteiger partial charge on any atom is -0.497 e. The molecule has 5 atom stereocenters. The van der Waals surface area contributed by atoms with Crippen LogP contribution in [-0.2, 0) is 20.5 Å². The summed E-state index contributed by atoms with van der Waals surface area (Å²) in [5.74, 6) is 5.71. The smallest absolute Gasteiger partial charge is 0.159 e. The summed E-state index contributed by atoms with van der Waals surface area (Å²) in [7, 11) is 7.00. The number of benzene rings is 4. The number of morpholine rings is 1. The fourth-order valence-electron chi connectivity index (χ4n) is 12.3. The van der Waals surface area contributed by atoms with Crippen LogP contribution in [0.15, 0.2) is 108 Å². The molecular weight excluding hydrogens is 735 g/mol. The molecule has 1 spiro atoms. The van der Waals surface area contributed by atoms with Crippen LogP contribution in [0.5, 0.6) is 23.0 Å². The maximum absolute atomic E-state index is 7.98. The summed E-state index contributed by atoms with van der Waals surface area (Å²) < 4.78 is 37.4. The fourth-order valence-corrected chi connectivity index (χ4v) is 12.3. The minimum atomic E-state index is -0.830. The van der Waals surface area contributed by atoms with Crippen molar-refractivity contribution in [3.63, 3.8) is 0 Å². The van der Waals surface area contributed by atoms with E-state index < -0.39 is 5.60 Å². The number of allylic oxidation sites excluding steroid dienone is 6. The van der Waals surface area contributed by atoms with Gasteiger partial charge in [-0.3, -0.25) is 0 Å². The van der Waals surface area contributed by atoms with Gasteiger partial charge in [-0.05, 0) is 120 Å². The molecule has 7 heteroatoms. The Morgan fingerprint density at radius 2 is 1.58 bits per heavy atom. The molecule has 0 N–H and O–H groups in total. The summed E-state index contributed by atoms with van der Waals surface area (Å²) in [5, 5.41) is 2.32. The van der Waals surface area contributed by atoms with Gasteiger partial charge in [0.25, 0.3) is 0 Å². The van der Waals surface area contributed by atoms with Gasteiger partial charge in [-0.15, -0.1) is 0 Å². The molecule has 5 aliphatic carbocycles. The first-order valence-corrected chi connectivity index (χ1v) is 21.6. The second kappa shape index (κ2) is 14.1. The second-order valence-corrected chi connectivity index (χ2v) is 17.4. The van der Waals surface area contributed by atoms with E-state index in [0.29, 0.717) is 19.1 Å². The Morgan fingerprint density at radius 3 is 2.27 bits per heavy atom. The average molecular weight is 788 g/mol. The van der Waals surface area contributed by atoms with Crippen LogP contribution in [0.3, 0.4) is 0 Å². The SMILES string of the molecule is COC1=C(N2CCOCC2)CC(C2(c3ccc(OC)cc3)C=Cc3c4c(c5cc(-c6ccc(OC)cc6)c(OC)cc5c3O2)C2=C(CCC=C2)C42CC3CCC2C3)C=C1. The van der Waals surface area contributed by atoms with Gasteiger partial charge in [0.2, 0.25) is 0 Å². The molecule has 2 saturated carbocycles. The highest BCUT2D eigenvalue weighted by Crippen LogP contribution is 2.69. The average Bonchev–Trinajstić information content (AvgIpc) is 4.01. The summed E-state index contributed by atoms with van der Waals surface area (Å²) in [6.45, 7) is 3.08. The Hall–Kier alpha value is -5.40. The summed E-state index contributed by atoms with van der Waals surface area (Å²) >= 11 is 0. The van der Waals surface area contributed by atoms with Crippen molar-refractivity contribution >= 4 is 22.4 Å². The molecule has 0 radical (unpaired) electrons. The molecule has 4 aromatic carbocycles. The lowest BCUT2D eigenvalue weighted by Crippen LogP contribution is -2.44. The van der Waals surface area contributed by atoms with Crippen molar-refractivity contribution < 1.29 is 28.4 Å².